The Morgan fingerprint density at radius 2 is 2.00 bits per heavy atom. The largest absolute Gasteiger partial charge is 0.355 e. The third kappa shape index (κ3) is 5.21. The average molecular weight is 271 g/mol. The molecule has 1 aliphatic carbocycles. The molecule has 0 saturated heterocycles. The van der Waals surface area contributed by atoms with Crippen LogP contribution in [-0.2, 0) is 10.8 Å². The van der Waals surface area contributed by atoms with Crippen molar-refractivity contribution in [2.75, 3.05) is 19.3 Å². The first-order valence-electron chi connectivity index (χ1n) is 6.44. The van der Waals surface area contributed by atoms with Crippen molar-refractivity contribution >= 4 is 16.8 Å². The van der Waals surface area contributed by atoms with Gasteiger partial charge in [0.25, 0.3) is 0 Å². The molecular formula is C13H25N3OS. The summed E-state index contributed by atoms with van der Waals surface area (Å²) in [5.74, 6) is 1.45. The number of aliphatic imine (C=N–C) groups is 1. The molecule has 18 heavy (non-hydrogen) atoms. The lowest BCUT2D eigenvalue weighted by Gasteiger charge is -2.20. The topological polar surface area (TPSA) is 53.5 Å². The monoisotopic (exact) mass is 271 g/mol. The first kappa shape index (κ1) is 15.2. The van der Waals surface area contributed by atoms with Gasteiger partial charge in [0, 0.05) is 40.9 Å². The lowest BCUT2D eigenvalue weighted by atomic mass is 10.2. The highest BCUT2D eigenvalue weighted by atomic mass is 32.2. The minimum atomic E-state index is -0.817. The van der Waals surface area contributed by atoms with Gasteiger partial charge in [-0.3, -0.25) is 9.20 Å². The predicted molar refractivity (Wildman–Crippen MR) is 79.4 cm³/mol. The van der Waals surface area contributed by atoms with E-state index in [1.54, 1.807) is 7.05 Å². The van der Waals surface area contributed by atoms with Crippen LogP contribution in [0.1, 0.15) is 33.6 Å². The molecule has 104 valence electrons. The van der Waals surface area contributed by atoms with Gasteiger partial charge in [-0.2, -0.15) is 0 Å². The minimum Gasteiger partial charge on any atom is -0.355 e. The van der Waals surface area contributed by atoms with Crippen molar-refractivity contribution in [3.05, 3.63) is 12.2 Å². The van der Waals surface area contributed by atoms with Crippen LogP contribution in [-0.4, -0.2) is 40.3 Å². The molecule has 0 heterocycles. The second-order valence-electron chi connectivity index (χ2n) is 5.45. The Balaban J connectivity index is 2.26. The van der Waals surface area contributed by atoms with Crippen LogP contribution in [0.25, 0.3) is 0 Å². The lowest BCUT2D eigenvalue weighted by Crippen LogP contribution is -2.44. The molecule has 0 spiro atoms. The van der Waals surface area contributed by atoms with E-state index in [0.717, 1.165) is 18.8 Å². The van der Waals surface area contributed by atoms with Crippen molar-refractivity contribution in [2.24, 2.45) is 4.99 Å². The molecule has 5 heteroatoms. The van der Waals surface area contributed by atoms with Crippen LogP contribution in [0.15, 0.2) is 17.1 Å². The summed E-state index contributed by atoms with van der Waals surface area (Å²) in [7, 11) is 0.945. The number of nitrogens with one attached hydrogen (secondary N) is 2. The minimum absolute atomic E-state index is 0.145. The smallest absolute Gasteiger partial charge is 0.191 e. The van der Waals surface area contributed by atoms with E-state index < -0.39 is 10.8 Å². The fourth-order valence-electron chi connectivity index (χ4n) is 1.69. The van der Waals surface area contributed by atoms with Crippen molar-refractivity contribution in [2.45, 2.75) is 44.4 Å². The van der Waals surface area contributed by atoms with Crippen LogP contribution in [0.5, 0.6) is 0 Å². The van der Waals surface area contributed by atoms with Crippen LogP contribution in [0.3, 0.4) is 0 Å². The Hall–Kier alpha value is -0.840. The molecule has 1 aliphatic rings. The highest BCUT2D eigenvalue weighted by Crippen LogP contribution is 2.10. The molecule has 0 radical (unpaired) electrons. The maximum Gasteiger partial charge on any atom is 0.191 e. The SMILES string of the molecule is CN=C(NCCS(=O)C(C)(C)C)NC1CC=CC1. The fourth-order valence-corrected chi connectivity index (χ4v) is 2.59. The highest BCUT2D eigenvalue weighted by Gasteiger charge is 2.19. The Morgan fingerprint density at radius 3 is 2.50 bits per heavy atom. The first-order valence-corrected chi connectivity index (χ1v) is 7.76. The van der Waals surface area contributed by atoms with Crippen molar-refractivity contribution in [3.63, 3.8) is 0 Å². The number of hydrogen-bond donors (Lipinski definition) is 2. The number of guanidine groups is 1. The van der Waals surface area contributed by atoms with E-state index in [4.69, 9.17) is 0 Å². The van der Waals surface area contributed by atoms with Gasteiger partial charge in [0.05, 0.1) is 0 Å². The lowest BCUT2D eigenvalue weighted by molar-refractivity contribution is 0.632. The molecule has 1 atom stereocenters. The molecule has 0 aliphatic heterocycles. The van der Waals surface area contributed by atoms with E-state index in [9.17, 15) is 4.21 Å². The second kappa shape index (κ2) is 6.92. The zero-order valence-corrected chi connectivity index (χ0v) is 12.6. The molecule has 0 aromatic heterocycles. The van der Waals surface area contributed by atoms with E-state index in [0.29, 0.717) is 18.3 Å². The first-order chi connectivity index (χ1) is 8.43. The summed E-state index contributed by atoms with van der Waals surface area (Å²) in [5.41, 5.74) is 0. The molecule has 0 amide bonds. The maximum absolute atomic E-state index is 11.9. The van der Waals surface area contributed by atoms with Crippen molar-refractivity contribution in [1.82, 2.24) is 10.6 Å². The Morgan fingerprint density at radius 1 is 1.39 bits per heavy atom. The molecule has 0 bridgehead atoms. The molecule has 0 aromatic carbocycles. The molecule has 1 rings (SSSR count). The maximum atomic E-state index is 11.9. The van der Waals surface area contributed by atoms with Gasteiger partial charge in [-0.25, -0.2) is 0 Å². The van der Waals surface area contributed by atoms with Crippen molar-refractivity contribution in [3.8, 4) is 0 Å². The molecule has 0 aromatic rings. The zero-order valence-electron chi connectivity index (χ0n) is 11.8. The van der Waals surface area contributed by atoms with E-state index in [2.05, 4.69) is 27.8 Å². The summed E-state index contributed by atoms with van der Waals surface area (Å²) in [6, 6.07) is 0.448. The molecular weight excluding hydrogens is 246 g/mol. The predicted octanol–water partition coefficient (Wildman–Crippen LogP) is 1.42. The highest BCUT2D eigenvalue weighted by molar-refractivity contribution is 7.86. The summed E-state index contributed by atoms with van der Waals surface area (Å²) < 4.78 is 11.7. The van der Waals surface area contributed by atoms with Crippen LogP contribution < -0.4 is 10.6 Å². The second-order valence-corrected chi connectivity index (χ2v) is 7.77. The van der Waals surface area contributed by atoms with E-state index >= 15 is 0 Å². The average Bonchev–Trinajstić information content (AvgIpc) is 2.79. The number of nitrogens with zero attached hydrogens (tertiary/aromatic N) is 1. The van der Waals surface area contributed by atoms with Gasteiger partial charge in [-0.1, -0.05) is 12.2 Å². The fraction of sp³-hybridized carbons (Fsp3) is 0.769. The van der Waals surface area contributed by atoms with Gasteiger partial charge >= 0.3 is 0 Å². The van der Waals surface area contributed by atoms with E-state index in [-0.39, 0.29) is 4.75 Å². The van der Waals surface area contributed by atoms with E-state index in [1.165, 1.54) is 0 Å². The van der Waals surface area contributed by atoms with Gasteiger partial charge in [-0.15, -0.1) is 0 Å². The van der Waals surface area contributed by atoms with Crippen LogP contribution in [0, 0.1) is 0 Å². The van der Waals surface area contributed by atoms with Crippen molar-refractivity contribution in [1.29, 1.82) is 0 Å². The van der Waals surface area contributed by atoms with Gasteiger partial charge in [0.1, 0.15) is 0 Å². The molecule has 2 N–H and O–H groups in total. The summed E-state index contributed by atoms with van der Waals surface area (Å²) in [4.78, 5) is 4.18. The third-order valence-corrected chi connectivity index (χ3v) is 4.78. The van der Waals surface area contributed by atoms with Gasteiger partial charge in [0.15, 0.2) is 5.96 Å². The quantitative estimate of drug-likeness (QED) is 0.462. The summed E-state index contributed by atoms with van der Waals surface area (Å²) in [5, 5.41) is 6.57. The van der Waals surface area contributed by atoms with Crippen molar-refractivity contribution < 1.29 is 4.21 Å². The Labute approximate surface area is 113 Å². The zero-order chi connectivity index (χ0) is 13.6. The normalized spacial score (nSPS) is 19.0. The van der Waals surface area contributed by atoms with E-state index in [1.807, 2.05) is 20.8 Å². The molecule has 0 fully saturated rings. The molecule has 4 nitrogen and oxygen atoms in total. The third-order valence-electron chi connectivity index (χ3n) is 2.84. The molecule has 0 saturated carbocycles. The Bertz CT molecular complexity index is 337. The summed E-state index contributed by atoms with van der Waals surface area (Å²) in [6.45, 7) is 6.69. The van der Waals surface area contributed by atoms with Crippen LogP contribution in [0.4, 0.5) is 0 Å². The van der Waals surface area contributed by atoms with Crippen LogP contribution >= 0.6 is 0 Å². The van der Waals surface area contributed by atoms with Crippen LogP contribution in [0.2, 0.25) is 0 Å². The number of hydrogen-bond acceptors (Lipinski definition) is 2. The van der Waals surface area contributed by atoms with Gasteiger partial charge in [0.2, 0.25) is 0 Å². The summed E-state index contributed by atoms with van der Waals surface area (Å²) in [6.07, 6.45) is 6.46. The van der Waals surface area contributed by atoms with Gasteiger partial charge < -0.3 is 10.6 Å². The number of rotatable bonds is 4. The summed E-state index contributed by atoms with van der Waals surface area (Å²) >= 11 is 0. The standard InChI is InChI=1S/C13H25N3OS/c1-13(2,3)18(17)10-9-15-12(14-4)16-11-7-5-6-8-11/h5-6,11H,7-10H2,1-4H3,(H2,14,15,16). The van der Waals surface area contributed by atoms with Gasteiger partial charge in [-0.05, 0) is 33.6 Å². The molecule has 1 unspecified atom stereocenters. The Kier molecular flexibility index (Phi) is 5.85.